The lowest BCUT2D eigenvalue weighted by molar-refractivity contribution is 0.599. The molecule has 0 radical (unpaired) electrons. The number of anilines is 1. The van der Waals surface area contributed by atoms with E-state index in [0.717, 1.165) is 24.2 Å². The van der Waals surface area contributed by atoms with E-state index in [2.05, 4.69) is 17.2 Å². The second kappa shape index (κ2) is 6.09. The van der Waals surface area contributed by atoms with E-state index in [4.69, 9.17) is 0 Å². The van der Waals surface area contributed by atoms with Crippen LogP contribution in [0.5, 0.6) is 0 Å². The minimum atomic E-state index is -3.11. The molecule has 0 amide bonds. The summed E-state index contributed by atoms with van der Waals surface area (Å²) in [6.45, 7) is 1.42. The third-order valence-electron chi connectivity index (χ3n) is 2.97. The number of sulfonamides is 1. The Morgan fingerprint density at radius 2 is 2.26 bits per heavy atom. The van der Waals surface area contributed by atoms with Gasteiger partial charge >= 0.3 is 0 Å². The fourth-order valence-electron chi connectivity index (χ4n) is 2.02. The van der Waals surface area contributed by atoms with E-state index >= 15 is 0 Å². The molecule has 0 saturated carbocycles. The van der Waals surface area contributed by atoms with Gasteiger partial charge in [0.1, 0.15) is 0 Å². The van der Waals surface area contributed by atoms with Crippen molar-refractivity contribution in [2.75, 3.05) is 30.2 Å². The van der Waals surface area contributed by atoms with Crippen LogP contribution >= 0.6 is 0 Å². The molecular formula is C14H18N2O2S. The van der Waals surface area contributed by atoms with Gasteiger partial charge in [-0.25, -0.2) is 8.42 Å². The van der Waals surface area contributed by atoms with Gasteiger partial charge in [-0.2, -0.15) is 0 Å². The summed E-state index contributed by atoms with van der Waals surface area (Å²) in [6.07, 6.45) is 1.48. The van der Waals surface area contributed by atoms with Crippen molar-refractivity contribution < 1.29 is 8.42 Å². The molecular weight excluding hydrogens is 260 g/mol. The van der Waals surface area contributed by atoms with Crippen molar-refractivity contribution in [2.45, 2.75) is 12.8 Å². The summed E-state index contributed by atoms with van der Waals surface area (Å²) in [5, 5.41) is 3.03. The van der Waals surface area contributed by atoms with Crippen LogP contribution in [-0.2, 0) is 10.0 Å². The lowest BCUT2D eigenvalue weighted by Crippen LogP contribution is -2.24. The molecule has 0 aliphatic carbocycles. The quantitative estimate of drug-likeness (QED) is 0.667. The van der Waals surface area contributed by atoms with Gasteiger partial charge in [0.15, 0.2) is 0 Å². The highest BCUT2D eigenvalue weighted by Crippen LogP contribution is 2.24. The summed E-state index contributed by atoms with van der Waals surface area (Å²) in [5.41, 5.74) is 1.58. The number of benzene rings is 1. The van der Waals surface area contributed by atoms with Crippen LogP contribution in [-0.4, -0.2) is 34.3 Å². The number of hydrogen-bond donors (Lipinski definition) is 1. The number of nitrogens with zero attached hydrogens (tertiary/aromatic N) is 1. The highest BCUT2D eigenvalue weighted by Gasteiger charge is 2.28. The first kappa shape index (κ1) is 13.9. The van der Waals surface area contributed by atoms with Gasteiger partial charge < -0.3 is 5.32 Å². The molecule has 0 unspecified atom stereocenters. The van der Waals surface area contributed by atoms with Gasteiger partial charge in [0, 0.05) is 25.1 Å². The molecule has 0 aromatic heterocycles. The third kappa shape index (κ3) is 3.49. The van der Waals surface area contributed by atoms with Crippen LogP contribution in [0.3, 0.4) is 0 Å². The number of rotatable bonds is 3. The van der Waals surface area contributed by atoms with Crippen LogP contribution in [0.25, 0.3) is 0 Å². The maximum Gasteiger partial charge on any atom is 0.235 e. The van der Waals surface area contributed by atoms with Gasteiger partial charge in [-0.05, 0) is 31.7 Å². The Morgan fingerprint density at radius 3 is 2.95 bits per heavy atom. The second-order valence-corrected chi connectivity index (χ2v) is 6.46. The Bertz CT molecular complexity index is 599. The molecule has 1 N–H and O–H groups in total. The monoisotopic (exact) mass is 278 g/mol. The van der Waals surface area contributed by atoms with E-state index in [-0.39, 0.29) is 5.75 Å². The summed E-state index contributed by atoms with van der Waals surface area (Å²) in [7, 11) is -1.22. The van der Waals surface area contributed by atoms with Crippen LogP contribution in [0.4, 0.5) is 5.69 Å². The predicted molar refractivity (Wildman–Crippen MR) is 77.6 cm³/mol. The topological polar surface area (TPSA) is 49.4 Å². The standard InChI is InChI=1S/C14H18N2O2S/c1-15-9-3-2-6-13-7-4-8-14(12-13)16-10-5-11-19(16,17)18/h4,7-8,12,15H,3,5,9-11H2,1H3. The normalized spacial score (nSPS) is 17.0. The van der Waals surface area contributed by atoms with Gasteiger partial charge in [0.2, 0.25) is 10.0 Å². The van der Waals surface area contributed by atoms with E-state index in [1.807, 2.05) is 31.3 Å². The minimum absolute atomic E-state index is 0.241. The first-order valence-electron chi connectivity index (χ1n) is 6.37. The predicted octanol–water partition coefficient (Wildman–Crippen LogP) is 1.19. The van der Waals surface area contributed by atoms with Crippen LogP contribution < -0.4 is 9.62 Å². The van der Waals surface area contributed by atoms with Gasteiger partial charge in [-0.15, -0.1) is 0 Å². The third-order valence-corrected chi connectivity index (χ3v) is 4.84. The molecule has 1 fully saturated rings. The summed E-state index contributed by atoms with van der Waals surface area (Å²) in [5.74, 6) is 6.36. The van der Waals surface area contributed by atoms with E-state index < -0.39 is 10.0 Å². The molecule has 1 heterocycles. The molecule has 4 nitrogen and oxygen atoms in total. The molecule has 1 saturated heterocycles. The first-order valence-corrected chi connectivity index (χ1v) is 7.98. The number of nitrogens with one attached hydrogen (secondary N) is 1. The van der Waals surface area contributed by atoms with Crippen molar-refractivity contribution >= 4 is 15.7 Å². The van der Waals surface area contributed by atoms with Gasteiger partial charge in [-0.1, -0.05) is 17.9 Å². The van der Waals surface area contributed by atoms with Crippen molar-refractivity contribution in [3.05, 3.63) is 29.8 Å². The van der Waals surface area contributed by atoms with Crippen molar-refractivity contribution in [3.63, 3.8) is 0 Å². The highest BCUT2D eigenvalue weighted by atomic mass is 32.2. The number of hydrogen-bond acceptors (Lipinski definition) is 3. The van der Waals surface area contributed by atoms with Gasteiger partial charge in [0.25, 0.3) is 0 Å². The fourth-order valence-corrected chi connectivity index (χ4v) is 3.58. The Morgan fingerprint density at radius 1 is 1.42 bits per heavy atom. The smallest absolute Gasteiger partial charge is 0.235 e. The molecule has 0 spiro atoms. The van der Waals surface area contributed by atoms with Crippen LogP contribution in [0.1, 0.15) is 18.4 Å². The lowest BCUT2D eigenvalue weighted by Gasteiger charge is -2.16. The van der Waals surface area contributed by atoms with Crippen LogP contribution in [0.15, 0.2) is 24.3 Å². The maximum atomic E-state index is 11.9. The molecule has 0 atom stereocenters. The summed E-state index contributed by atoms with van der Waals surface area (Å²) in [6, 6.07) is 7.42. The van der Waals surface area contributed by atoms with E-state index in [9.17, 15) is 8.42 Å². The molecule has 1 aromatic carbocycles. The van der Waals surface area contributed by atoms with E-state index in [0.29, 0.717) is 13.0 Å². The molecule has 0 bridgehead atoms. The molecule has 1 aliphatic heterocycles. The van der Waals surface area contributed by atoms with E-state index in [1.165, 1.54) is 4.31 Å². The van der Waals surface area contributed by atoms with Gasteiger partial charge in [-0.3, -0.25) is 4.31 Å². The SMILES string of the molecule is CNCCC#Cc1cccc(N2CCCS2(=O)=O)c1. The summed E-state index contributed by atoms with van der Waals surface area (Å²) in [4.78, 5) is 0. The average Bonchev–Trinajstić information content (AvgIpc) is 2.75. The average molecular weight is 278 g/mol. The molecule has 1 aliphatic rings. The lowest BCUT2D eigenvalue weighted by atomic mass is 10.2. The second-order valence-electron chi connectivity index (χ2n) is 4.45. The molecule has 1 aromatic rings. The maximum absolute atomic E-state index is 11.9. The molecule has 102 valence electrons. The minimum Gasteiger partial charge on any atom is -0.319 e. The van der Waals surface area contributed by atoms with Crippen LogP contribution in [0.2, 0.25) is 0 Å². The Balaban J connectivity index is 2.17. The molecule has 2 rings (SSSR count). The van der Waals surface area contributed by atoms with E-state index in [1.54, 1.807) is 0 Å². The van der Waals surface area contributed by atoms with Crippen LogP contribution in [0, 0.1) is 11.8 Å². The largest absolute Gasteiger partial charge is 0.319 e. The Hall–Kier alpha value is -1.51. The van der Waals surface area contributed by atoms with Crippen molar-refractivity contribution in [1.29, 1.82) is 0 Å². The summed E-state index contributed by atoms with van der Waals surface area (Å²) >= 11 is 0. The zero-order valence-corrected chi connectivity index (χ0v) is 11.8. The molecule has 5 heteroatoms. The zero-order valence-electron chi connectivity index (χ0n) is 11.0. The highest BCUT2D eigenvalue weighted by molar-refractivity contribution is 7.93. The first-order chi connectivity index (χ1) is 9.13. The van der Waals surface area contributed by atoms with Crippen molar-refractivity contribution in [1.82, 2.24) is 5.32 Å². The van der Waals surface area contributed by atoms with Crippen molar-refractivity contribution in [3.8, 4) is 11.8 Å². The van der Waals surface area contributed by atoms with Crippen molar-refractivity contribution in [2.24, 2.45) is 0 Å². The van der Waals surface area contributed by atoms with Gasteiger partial charge in [0.05, 0.1) is 11.4 Å². The fraction of sp³-hybridized carbons (Fsp3) is 0.429. The Labute approximate surface area is 114 Å². The Kier molecular flexibility index (Phi) is 4.46. The zero-order chi connectivity index (χ0) is 13.7. The molecule has 19 heavy (non-hydrogen) atoms. The summed E-state index contributed by atoms with van der Waals surface area (Å²) < 4.78 is 25.2.